The fourth-order valence-electron chi connectivity index (χ4n) is 4.91. The van der Waals surface area contributed by atoms with Gasteiger partial charge in [-0.1, -0.05) is 11.3 Å². The van der Waals surface area contributed by atoms with Gasteiger partial charge in [0.05, 0.1) is 65.6 Å². The Hall–Kier alpha value is -4.22. The van der Waals surface area contributed by atoms with Gasteiger partial charge in [-0.25, -0.2) is 13.3 Å². The summed E-state index contributed by atoms with van der Waals surface area (Å²) in [6, 6.07) is 8.29. The number of rotatable bonds is 6. The maximum absolute atomic E-state index is 14.8. The lowest BCUT2D eigenvalue weighted by molar-refractivity contribution is -0.124. The quantitative estimate of drug-likeness (QED) is 0.361. The third-order valence-electron chi connectivity index (χ3n) is 6.97. The van der Waals surface area contributed by atoms with E-state index in [0.29, 0.717) is 46.7 Å². The molecule has 1 unspecified atom stereocenters. The van der Waals surface area contributed by atoms with Crippen LogP contribution in [0.1, 0.15) is 25.8 Å². The molecule has 0 saturated carbocycles. The first-order valence-corrected chi connectivity index (χ1v) is 13.4. The van der Waals surface area contributed by atoms with Crippen molar-refractivity contribution in [2.24, 2.45) is 0 Å². The number of aromatic nitrogens is 5. The number of fused-ring (bicyclic) bond motifs is 1. The van der Waals surface area contributed by atoms with E-state index in [2.05, 4.69) is 37.0 Å². The summed E-state index contributed by atoms with van der Waals surface area (Å²) in [4.78, 5) is 17.5. The first kappa shape index (κ1) is 26.0. The zero-order valence-electron chi connectivity index (χ0n) is 21.7. The molecule has 1 atom stereocenters. The van der Waals surface area contributed by atoms with Crippen LogP contribution in [-0.2, 0) is 9.53 Å². The van der Waals surface area contributed by atoms with Crippen molar-refractivity contribution in [2.45, 2.75) is 37.8 Å². The number of hydrogen-bond donors (Lipinski definition) is 2. The monoisotopic (exact) mass is 565 g/mol. The van der Waals surface area contributed by atoms with Crippen molar-refractivity contribution < 1.29 is 18.3 Å². The predicted molar refractivity (Wildman–Crippen MR) is 144 cm³/mol. The number of nitriles is 1. The Morgan fingerprint density at radius 2 is 2.08 bits per heavy atom. The maximum Gasteiger partial charge on any atom is 0.285 e. The highest BCUT2D eigenvalue weighted by molar-refractivity contribution is 7.18. The first-order chi connectivity index (χ1) is 19.1. The SMILES string of the molecule is CC(=O)NC1CCN(c2nnc(-c3cnc(-c4ccc5cc(C#N)cnn45)cc3NC3(C)COC3)s2)CC1(F)F. The molecule has 14 heteroatoms. The van der Waals surface area contributed by atoms with Gasteiger partial charge in [0.15, 0.2) is 5.01 Å². The number of carbonyl (C=O) groups excluding carboxylic acids is 1. The van der Waals surface area contributed by atoms with E-state index >= 15 is 0 Å². The van der Waals surface area contributed by atoms with Gasteiger partial charge in [0.2, 0.25) is 11.0 Å². The van der Waals surface area contributed by atoms with Crippen molar-refractivity contribution >= 4 is 33.6 Å². The Bertz CT molecular complexity index is 1640. The molecule has 40 heavy (non-hydrogen) atoms. The van der Waals surface area contributed by atoms with E-state index in [-0.39, 0.29) is 12.0 Å². The topological polar surface area (TPSA) is 133 Å². The van der Waals surface area contributed by atoms with E-state index in [9.17, 15) is 18.8 Å². The number of anilines is 2. The Morgan fingerprint density at radius 3 is 2.77 bits per heavy atom. The number of piperidine rings is 1. The van der Waals surface area contributed by atoms with Crippen LogP contribution < -0.4 is 15.5 Å². The molecule has 0 spiro atoms. The van der Waals surface area contributed by atoms with Gasteiger partial charge in [0, 0.05) is 25.4 Å². The molecule has 2 aliphatic rings. The molecular formula is C26H25F2N9O2S. The van der Waals surface area contributed by atoms with E-state index in [4.69, 9.17) is 4.74 Å². The summed E-state index contributed by atoms with van der Waals surface area (Å²) in [6.07, 6.45) is 3.28. The minimum absolute atomic E-state index is 0.0953. The van der Waals surface area contributed by atoms with Crippen molar-refractivity contribution in [3.05, 3.63) is 42.2 Å². The van der Waals surface area contributed by atoms with Gasteiger partial charge < -0.3 is 20.3 Å². The van der Waals surface area contributed by atoms with E-state index in [1.54, 1.807) is 16.8 Å². The molecule has 6 heterocycles. The largest absolute Gasteiger partial charge is 0.376 e. The second-order valence-corrected chi connectivity index (χ2v) is 11.3. The number of hydrogen-bond acceptors (Lipinski definition) is 10. The maximum atomic E-state index is 14.8. The summed E-state index contributed by atoms with van der Waals surface area (Å²) >= 11 is 1.21. The third kappa shape index (κ3) is 4.82. The molecule has 2 saturated heterocycles. The molecule has 6 rings (SSSR count). The number of nitrogens with one attached hydrogen (secondary N) is 2. The van der Waals surface area contributed by atoms with Crippen LogP contribution in [0.15, 0.2) is 36.7 Å². The highest BCUT2D eigenvalue weighted by Gasteiger charge is 2.46. The number of ether oxygens (including phenoxy) is 1. The smallest absolute Gasteiger partial charge is 0.285 e. The molecule has 4 aromatic heterocycles. The van der Waals surface area contributed by atoms with Crippen molar-refractivity contribution in [1.82, 2.24) is 30.1 Å². The molecule has 2 N–H and O–H groups in total. The summed E-state index contributed by atoms with van der Waals surface area (Å²) in [5.74, 6) is -3.58. The minimum Gasteiger partial charge on any atom is -0.376 e. The van der Waals surface area contributed by atoms with Gasteiger partial charge in [-0.15, -0.1) is 10.2 Å². The van der Waals surface area contributed by atoms with E-state index < -0.39 is 24.4 Å². The van der Waals surface area contributed by atoms with Crippen LogP contribution in [0.25, 0.3) is 27.5 Å². The molecule has 206 valence electrons. The number of alkyl halides is 2. The average molecular weight is 566 g/mol. The van der Waals surface area contributed by atoms with Crippen LogP contribution in [0, 0.1) is 11.3 Å². The third-order valence-corrected chi connectivity index (χ3v) is 7.98. The lowest BCUT2D eigenvalue weighted by Gasteiger charge is -2.40. The average Bonchev–Trinajstić information content (AvgIpc) is 3.56. The molecule has 4 aromatic rings. The van der Waals surface area contributed by atoms with Crippen molar-refractivity contribution in [2.75, 3.05) is 36.5 Å². The number of pyridine rings is 1. The number of carbonyl (C=O) groups is 1. The van der Waals surface area contributed by atoms with Gasteiger partial charge in [0.25, 0.3) is 5.92 Å². The zero-order valence-corrected chi connectivity index (χ0v) is 22.5. The lowest BCUT2D eigenvalue weighted by Crippen LogP contribution is -2.58. The fourth-order valence-corrected chi connectivity index (χ4v) is 5.80. The number of halogens is 2. The lowest BCUT2D eigenvalue weighted by atomic mass is 9.99. The molecule has 2 fully saturated rings. The van der Waals surface area contributed by atoms with E-state index in [0.717, 1.165) is 16.9 Å². The normalized spacial score (nSPS) is 19.6. The molecule has 11 nitrogen and oxygen atoms in total. The molecule has 0 bridgehead atoms. The predicted octanol–water partition coefficient (Wildman–Crippen LogP) is 3.34. The number of amides is 1. The molecule has 2 aliphatic heterocycles. The Kier molecular flexibility index (Phi) is 6.35. The van der Waals surface area contributed by atoms with Gasteiger partial charge in [-0.3, -0.25) is 9.78 Å². The standard InChI is InChI=1S/C26H25F2N9O2S/c1-15(38)32-22-5-6-36(12-26(22,27)28)24-35-34-23(40-24)18-11-30-20(8-19(18)33-25(2)13-39-14-25)21-4-3-17-7-16(9-29)10-31-37(17)21/h3-4,7-8,10-11,22H,5-6,12-14H2,1-2H3,(H,30,33)(H,32,38). The van der Waals surface area contributed by atoms with Gasteiger partial charge in [-0.05, 0) is 37.6 Å². The fraction of sp³-hybridized carbons (Fsp3) is 0.385. The summed E-state index contributed by atoms with van der Waals surface area (Å²) < 4.78 is 36.7. The molecule has 0 radical (unpaired) electrons. The summed E-state index contributed by atoms with van der Waals surface area (Å²) in [5.41, 5.74) is 3.75. The van der Waals surface area contributed by atoms with Crippen LogP contribution in [0.5, 0.6) is 0 Å². The highest BCUT2D eigenvalue weighted by atomic mass is 32.1. The second-order valence-electron chi connectivity index (χ2n) is 10.3. The Labute approximate surface area is 231 Å². The molecule has 1 amide bonds. The van der Waals surface area contributed by atoms with Gasteiger partial charge in [0.1, 0.15) is 6.07 Å². The number of nitrogens with zero attached hydrogens (tertiary/aromatic N) is 7. The van der Waals surface area contributed by atoms with Crippen LogP contribution in [0.4, 0.5) is 19.6 Å². The molecule has 0 aromatic carbocycles. The van der Waals surface area contributed by atoms with Crippen LogP contribution in [0.3, 0.4) is 0 Å². The first-order valence-electron chi connectivity index (χ1n) is 12.6. The highest BCUT2D eigenvalue weighted by Crippen LogP contribution is 2.39. The Morgan fingerprint density at radius 1 is 1.25 bits per heavy atom. The van der Waals surface area contributed by atoms with Crippen LogP contribution >= 0.6 is 11.3 Å². The summed E-state index contributed by atoms with van der Waals surface area (Å²) in [6.45, 7) is 4.08. The Balaban J connectivity index is 1.32. The van der Waals surface area contributed by atoms with E-state index in [1.807, 2.05) is 25.1 Å². The second kappa shape index (κ2) is 9.76. The minimum atomic E-state index is -3.10. The zero-order chi connectivity index (χ0) is 28.1. The summed E-state index contributed by atoms with van der Waals surface area (Å²) in [5, 5.41) is 28.9. The van der Waals surface area contributed by atoms with Crippen LogP contribution in [-0.4, -0.2) is 74.5 Å². The molecule has 0 aliphatic carbocycles. The van der Waals surface area contributed by atoms with Crippen molar-refractivity contribution in [1.29, 1.82) is 5.26 Å². The molecular weight excluding hydrogens is 540 g/mol. The van der Waals surface area contributed by atoms with Gasteiger partial charge >= 0.3 is 0 Å². The van der Waals surface area contributed by atoms with E-state index in [1.165, 1.54) is 29.4 Å². The van der Waals surface area contributed by atoms with Crippen LogP contribution in [0.2, 0.25) is 0 Å². The van der Waals surface area contributed by atoms with Crippen molar-refractivity contribution in [3.63, 3.8) is 0 Å². The van der Waals surface area contributed by atoms with Gasteiger partial charge in [-0.2, -0.15) is 10.4 Å². The van der Waals surface area contributed by atoms with Crippen molar-refractivity contribution in [3.8, 4) is 28.0 Å². The summed E-state index contributed by atoms with van der Waals surface area (Å²) in [7, 11) is 0.